The highest BCUT2D eigenvalue weighted by Gasteiger charge is 2.18. The number of hydrogen-bond acceptors (Lipinski definition) is 7. The van der Waals surface area contributed by atoms with Gasteiger partial charge in [0.15, 0.2) is 0 Å². The van der Waals surface area contributed by atoms with E-state index < -0.39 is 10.0 Å². The first-order valence-corrected chi connectivity index (χ1v) is 10.5. The molecule has 4 rings (SSSR count). The highest BCUT2D eigenvalue weighted by molar-refractivity contribution is 7.94. The van der Waals surface area contributed by atoms with Gasteiger partial charge in [-0.05, 0) is 47.2 Å². The number of benzene rings is 2. The van der Waals surface area contributed by atoms with Crippen LogP contribution in [0, 0.1) is 0 Å². The minimum Gasteiger partial charge on any atom is -0.497 e. The first-order valence-electron chi connectivity index (χ1n) is 8.16. The van der Waals surface area contributed by atoms with Crippen molar-refractivity contribution in [3.63, 3.8) is 0 Å². The fourth-order valence-corrected chi connectivity index (χ4v) is 4.96. The second-order valence-corrected chi connectivity index (χ2v) is 8.77. The molecule has 0 bridgehead atoms. The first-order chi connectivity index (χ1) is 13.5. The van der Waals surface area contributed by atoms with Crippen molar-refractivity contribution >= 4 is 27.0 Å². The molecule has 142 valence electrons. The van der Waals surface area contributed by atoms with Crippen molar-refractivity contribution in [2.45, 2.75) is 4.21 Å². The summed E-state index contributed by atoms with van der Waals surface area (Å²) >= 11 is 1.19. The van der Waals surface area contributed by atoms with Crippen molar-refractivity contribution in [1.29, 1.82) is 0 Å². The van der Waals surface area contributed by atoms with E-state index in [0.717, 1.165) is 10.4 Å². The van der Waals surface area contributed by atoms with Crippen LogP contribution in [0.15, 0.2) is 64.9 Å². The summed E-state index contributed by atoms with van der Waals surface area (Å²) in [5.41, 5.74) is 1.96. The highest BCUT2D eigenvalue weighted by atomic mass is 32.2. The summed E-state index contributed by atoms with van der Waals surface area (Å²) < 4.78 is 33.6. The first kappa shape index (κ1) is 18.1. The highest BCUT2D eigenvalue weighted by Crippen LogP contribution is 2.33. The molecule has 0 aliphatic rings. The summed E-state index contributed by atoms with van der Waals surface area (Å²) in [6.07, 6.45) is 0. The van der Waals surface area contributed by atoms with Crippen LogP contribution in [0.1, 0.15) is 0 Å². The number of sulfonamides is 1. The number of thiophene rings is 1. The summed E-state index contributed by atoms with van der Waals surface area (Å²) in [7, 11) is -2.14. The molecule has 0 saturated carbocycles. The number of tetrazole rings is 1. The number of ether oxygens (including phenoxy) is 1. The number of aromatic nitrogens is 4. The number of rotatable bonds is 6. The lowest BCUT2D eigenvalue weighted by Crippen LogP contribution is -2.11. The normalized spacial score (nSPS) is 11.3. The lowest BCUT2D eigenvalue weighted by molar-refractivity contribution is 0.415. The lowest BCUT2D eigenvalue weighted by atomic mass is 10.2. The van der Waals surface area contributed by atoms with Crippen LogP contribution in [0.5, 0.6) is 5.75 Å². The molecule has 0 aliphatic heterocycles. The maximum Gasteiger partial charge on any atom is 0.271 e. The number of anilines is 1. The molecule has 2 aromatic carbocycles. The van der Waals surface area contributed by atoms with Crippen molar-refractivity contribution < 1.29 is 13.2 Å². The van der Waals surface area contributed by atoms with Gasteiger partial charge in [0.25, 0.3) is 10.0 Å². The molecule has 0 spiro atoms. The molecule has 0 amide bonds. The van der Waals surface area contributed by atoms with Crippen LogP contribution in [0.3, 0.4) is 0 Å². The van der Waals surface area contributed by atoms with E-state index in [0.29, 0.717) is 22.8 Å². The molecule has 2 heterocycles. The number of hydrogen-bond donors (Lipinski definition) is 2. The average molecular weight is 413 g/mol. The van der Waals surface area contributed by atoms with E-state index in [-0.39, 0.29) is 4.21 Å². The van der Waals surface area contributed by atoms with Gasteiger partial charge in [0.1, 0.15) is 9.96 Å². The number of methoxy groups -OCH3 is 1. The van der Waals surface area contributed by atoms with Gasteiger partial charge in [-0.3, -0.25) is 4.72 Å². The van der Waals surface area contributed by atoms with Crippen molar-refractivity contribution in [2.24, 2.45) is 0 Å². The van der Waals surface area contributed by atoms with Crippen LogP contribution in [-0.2, 0) is 10.0 Å². The predicted molar refractivity (Wildman–Crippen MR) is 107 cm³/mol. The third kappa shape index (κ3) is 3.73. The Labute approximate surface area is 165 Å². The van der Waals surface area contributed by atoms with Gasteiger partial charge in [-0.25, -0.2) is 8.42 Å². The summed E-state index contributed by atoms with van der Waals surface area (Å²) in [5.74, 6) is 1.10. The van der Waals surface area contributed by atoms with Crippen molar-refractivity contribution in [2.75, 3.05) is 11.8 Å². The van der Waals surface area contributed by atoms with Gasteiger partial charge in [-0.1, -0.05) is 24.3 Å². The molecule has 2 N–H and O–H groups in total. The molecule has 8 nitrogen and oxygen atoms in total. The maximum absolute atomic E-state index is 12.8. The van der Waals surface area contributed by atoms with Crippen LogP contribution in [0.4, 0.5) is 5.69 Å². The Morgan fingerprint density at radius 3 is 2.64 bits per heavy atom. The van der Waals surface area contributed by atoms with Gasteiger partial charge in [0.05, 0.1) is 7.11 Å². The monoisotopic (exact) mass is 413 g/mol. The molecule has 28 heavy (non-hydrogen) atoms. The lowest BCUT2D eigenvalue weighted by Gasteiger charge is -2.07. The Kier molecular flexibility index (Phi) is 4.80. The van der Waals surface area contributed by atoms with Gasteiger partial charge >= 0.3 is 0 Å². The van der Waals surface area contributed by atoms with Gasteiger partial charge in [0.2, 0.25) is 5.82 Å². The van der Waals surface area contributed by atoms with Gasteiger partial charge < -0.3 is 4.74 Å². The third-order valence-corrected chi connectivity index (χ3v) is 6.93. The average Bonchev–Trinajstić information content (AvgIpc) is 3.40. The van der Waals surface area contributed by atoms with Crippen LogP contribution < -0.4 is 9.46 Å². The molecular weight excluding hydrogens is 398 g/mol. The van der Waals surface area contributed by atoms with E-state index in [1.807, 2.05) is 24.3 Å². The molecule has 0 aliphatic carbocycles. The molecule has 0 atom stereocenters. The Hall–Kier alpha value is -3.24. The van der Waals surface area contributed by atoms with Gasteiger partial charge in [-0.2, -0.15) is 5.21 Å². The zero-order chi connectivity index (χ0) is 19.6. The SMILES string of the molecule is COc1cccc(-c2ccc(S(=O)(=O)Nc3cccc(-c4nn[nH]n4)c3)s2)c1. The maximum atomic E-state index is 12.8. The van der Waals surface area contributed by atoms with E-state index in [9.17, 15) is 8.42 Å². The summed E-state index contributed by atoms with van der Waals surface area (Å²) in [6.45, 7) is 0. The zero-order valence-electron chi connectivity index (χ0n) is 14.7. The Balaban J connectivity index is 1.59. The molecule has 2 aromatic heterocycles. The summed E-state index contributed by atoms with van der Waals surface area (Å²) in [5, 5.41) is 13.7. The summed E-state index contributed by atoms with van der Waals surface area (Å²) in [6, 6.07) is 17.7. The van der Waals surface area contributed by atoms with Crippen LogP contribution in [0.2, 0.25) is 0 Å². The fourth-order valence-electron chi connectivity index (χ4n) is 2.61. The smallest absolute Gasteiger partial charge is 0.271 e. The van der Waals surface area contributed by atoms with Crippen molar-refractivity contribution in [3.8, 4) is 27.6 Å². The van der Waals surface area contributed by atoms with E-state index in [4.69, 9.17) is 4.74 Å². The fraction of sp³-hybridized carbons (Fsp3) is 0.0556. The Morgan fingerprint density at radius 1 is 1.04 bits per heavy atom. The topological polar surface area (TPSA) is 110 Å². The predicted octanol–water partition coefficient (Wildman–Crippen LogP) is 3.40. The Bertz CT molecular complexity index is 1200. The number of nitrogens with zero attached hydrogens (tertiary/aromatic N) is 3. The summed E-state index contributed by atoms with van der Waals surface area (Å²) in [4.78, 5) is 0.833. The van der Waals surface area contributed by atoms with E-state index >= 15 is 0 Å². The Morgan fingerprint density at radius 2 is 1.86 bits per heavy atom. The second kappa shape index (κ2) is 7.41. The van der Waals surface area contributed by atoms with E-state index in [1.54, 1.807) is 43.5 Å². The van der Waals surface area contributed by atoms with Crippen LogP contribution >= 0.6 is 11.3 Å². The van der Waals surface area contributed by atoms with E-state index in [2.05, 4.69) is 25.3 Å². The van der Waals surface area contributed by atoms with Crippen molar-refractivity contribution in [3.05, 3.63) is 60.7 Å². The molecule has 0 unspecified atom stereocenters. The molecule has 0 saturated heterocycles. The largest absolute Gasteiger partial charge is 0.497 e. The van der Waals surface area contributed by atoms with Crippen molar-refractivity contribution in [1.82, 2.24) is 20.6 Å². The van der Waals surface area contributed by atoms with Gasteiger partial charge in [-0.15, -0.1) is 21.5 Å². The second-order valence-electron chi connectivity index (χ2n) is 5.77. The number of nitrogens with one attached hydrogen (secondary N) is 2. The molecule has 0 fully saturated rings. The van der Waals surface area contributed by atoms with E-state index in [1.165, 1.54) is 11.3 Å². The minimum atomic E-state index is -3.73. The number of H-pyrrole nitrogens is 1. The number of aromatic amines is 1. The molecule has 0 radical (unpaired) electrons. The van der Waals surface area contributed by atoms with Crippen LogP contribution in [0.25, 0.3) is 21.8 Å². The quantitative estimate of drug-likeness (QED) is 0.501. The zero-order valence-corrected chi connectivity index (χ0v) is 16.3. The molecule has 4 aromatic rings. The standard InChI is InChI=1S/C18H15N5O3S2/c1-26-15-7-3-4-12(11-15)16-8-9-17(27-16)28(24,25)21-14-6-2-5-13(10-14)18-19-22-23-20-18/h2-11,21H,1H3,(H,19,20,22,23). The molecule has 10 heteroatoms. The third-order valence-electron chi connectivity index (χ3n) is 3.92. The van der Waals surface area contributed by atoms with Crippen LogP contribution in [-0.4, -0.2) is 36.2 Å². The van der Waals surface area contributed by atoms with Gasteiger partial charge in [0, 0.05) is 16.1 Å². The molecular formula is C18H15N5O3S2. The minimum absolute atomic E-state index is 0.218.